The molecule has 1 saturated heterocycles. The Bertz CT molecular complexity index is 338. The summed E-state index contributed by atoms with van der Waals surface area (Å²) < 4.78 is 0. The molecule has 1 aliphatic heterocycles. The third kappa shape index (κ3) is 2.35. The van der Waals surface area contributed by atoms with Crippen molar-refractivity contribution in [3.8, 4) is 0 Å². The quantitative estimate of drug-likeness (QED) is 0.754. The van der Waals surface area contributed by atoms with Crippen LogP contribution in [0.25, 0.3) is 0 Å². The molecule has 2 unspecified atom stereocenters. The minimum absolute atomic E-state index is 0.0227. The molecule has 1 rings (SSSR count). The van der Waals surface area contributed by atoms with E-state index in [1.54, 1.807) is 4.90 Å². The van der Waals surface area contributed by atoms with Crippen molar-refractivity contribution in [3.63, 3.8) is 0 Å². The lowest BCUT2D eigenvalue weighted by Gasteiger charge is -2.45. The van der Waals surface area contributed by atoms with E-state index >= 15 is 0 Å². The molecule has 2 atom stereocenters. The SMILES string of the molecule is C/C=C/CN1C(=O)C(CC)NC(=O)C1(C)CC. The zero-order valence-electron chi connectivity index (χ0n) is 11.1. The maximum atomic E-state index is 12.3. The van der Waals surface area contributed by atoms with Gasteiger partial charge in [0.1, 0.15) is 11.6 Å². The Labute approximate surface area is 103 Å². The summed E-state index contributed by atoms with van der Waals surface area (Å²) in [5.74, 6) is -0.0227. The van der Waals surface area contributed by atoms with Crippen molar-refractivity contribution in [3.05, 3.63) is 12.2 Å². The molecule has 4 nitrogen and oxygen atoms in total. The predicted molar refractivity (Wildman–Crippen MR) is 67.4 cm³/mol. The van der Waals surface area contributed by atoms with Gasteiger partial charge in [-0.05, 0) is 26.7 Å². The molecule has 1 fully saturated rings. The summed E-state index contributed by atoms with van der Waals surface area (Å²) in [5.41, 5.74) is -0.720. The number of hydrogen-bond donors (Lipinski definition) is 1. The van der Waals surface area contributed by atoms with E-state index in [1.165, 1.54) is 0 Å². The summed E-state index contributed by atoms with van der Waals surface area (Å²) >= 11 is 0. The fourth-order valence-electron chi connectivity index (χ4n) is 2.06. The second-order valence-corrected chi connectivity index (χ2v) is 4.58. The van der Waals surface area contributed by atoms with Gasteiger partial charge in [-0.15, -0.1) is 0 Å². The lowest BCUT2D eigenvalue weighted by atomic mass is 9.90. The van der Waals surface area contributed by atoms with Crippen LogP contribution >= 0.6 is 0 Å². The maximum Gasteiger partial charge on any atom is 0.246 e. The van der Waals surface area contributed by atoms with E-state index in [0.717, 1.165) is 0 Å². The monoisotopic (exact) mass is 238 g/mol. The number of nitrogens with one attached hydrogen (secondary N) is 1. The highest BCUT2D eigenvalue weighted by molar-refractivity contribution is 5.99. The fraction of sp³-hybridized carbons (Fsp3) is 0.692. The Kier molecular flexibility index (Phi) is 4.32. The van der Waals surface area contributed by atoms with Crippen LogP contribution in [0.5, 0.6) is 0 Å². The summed E-state index contributed by atoms with van der Waals surface area (Å²) in [6.45, 7) is 8.08. The molecule has 0 saturated carbocycles. The second kappa shape index (κ2) is 5.34. The van der Waals surface area contributed by atoms with Gasteiger partial charge in [-0.3, -0.25) is 9.59 Å². The van der Waals surface area contributed by atoms with Gasteiger partial charge in [0, 0.05) is 6.54 Å². The topological polar surface area (TPSA) is 49.4 Å². The fourth-order valence-corrected chi connectivity index (χ4v) is 2.06. The standard InChI is InChI=1S/C13H22N2O2/c1-5-8-9-15-11(16)10(6-2)14-12(17)13(15,4)7-3/h5,8,10H,6-7,9H2,1-4H3,(H,14,17)/b8-5+. The third-order valence-electron chi connectivity index (χ3n) is 3.57. The lowest BCUT2D eigenvalue weighted by Crippen LogP contribution is -2.69. The Morgan fingerprint density at radius 2 is 2.06 bits per heavy atom. The molecule has 0 aromatic heterocycles. The van der Waals surface area contributed by atoms with E-state index < -0.39 is 5.54 Å². The number of nitrogens with zero attached hydrogens (tertiary/aromatic N) is 1. The number of carbonyl (C=O) groups is 2. The molecule has 0 aromatic rings. The molecule has 0 bridgehead atoms. The predicted octanol–water partition coefficient (Wildman–Crippen LogP) is 1.47. The van der Waals surface area contributed by atoms with E-state index in [2.05, 4.69) is 5.32 Å². The normalized spacial score (nSPS) is 29.9. The molecule has 0 aliphatic carbocycles. The van der Waals surface area contributed by atoms with Gasteiger partial charge in [-0.1, -0.05) is 26.0 Å². The van der Waals surface area contributed by atoms with Crippen molar-refractivity contribution < 1.29 is 9.59 Å². The van der Waals surface area contributed by atoms with Gasteiger partial charge in [-0.2, -0.15) is 0 Å². The van der Waals surface area contributed by atoms with Crippen molar-refractivity contribution in [2.24, 2.45) is 0 Å². The molecule has 17 heavy (non-hydrogen) atoms. The first kappa shape index (κ1) is 13.7. The number of piperazine rings is 1. The first-order valence-corrected chi connectivity index (χ1v) is 6.24. The molecule has 1 heterocycles. The number of hydrogen-bond acceptors (Lipinski definition) is 2. The van der Waals surface area contributed by atoms with Crippen LogP contribution in [-0.4, -0.2) is 34.8 Å². The maximum absolute atomic E-state index is 12.3. The Hall–Kier alpha value is -1.32. The van der Waals surface area contributed by atoms with Crippen LogP contribution in [0.3, 0.4) is 0 Å². The van der Waals surface area contributed by atoms with Gasteiger partial charge in [0.15, 0.2) is 0 Å². The van der Waals surface area contributed by atoms with Crippen molar-refractivity contribution in [1.29, 1.82) is 0 Å². The highest BCUT2D eigenvalue weighted by atomic mass is 16.2. The average molecular weight is 238 g/mol. The molecular formula is C13H22N2O2. The van der Waals surface area contributed by atoms with E-state index in [-0.39, 0.29) is 17.9 Å². The van der Waals surface area contributed by atoms with Gasteiger partial charge in [-0.25, -0.2) is 0 Å². The molecule has 2 amide bonds. The zero-order valence-corrected chi connectivity index (χ0v) is 11.1. The molecule has 0 aromatic carbocycles. The van der Waals surface area contributed by atoms with E-state index in [4.69, 9.17) is 0 Å². The second-order valence-electron chi connectivity index (χ2n) is 4.58. The van der Waals surface area contributed by atoms with Crippen LogP contribution in [0, 0.1) is 0 Å². The molecule has 1 N–H and O–H groups in total. The molecule has 4 heteroatoms. The minimum Gasteiger partial charge on any atom is -0.342 e. The van der Waals surface area contributed by atoms with E-state index in [9.17, 15) is 9.59 Å². The van der Waals surface area contributed by atoms with Gasteiger partial charge < -0.3 is 10.2 Å². The third-order valence-corrected chi connectivity index (χ3v) is 3.57. The Morgan fingerprint density at radius 3 is 2.53 bits per heavy atom. The Morgan fingerprint density at radius 1 is 1.41 bits per heavy atom. The number of rotatable bonds is 4. The number of allylic oxidation sites excluding steroid dienone is 1. The average Bonchev–Trinajstić information content (AvgIpc) is 2.33. The first-order valence-electron chi connectivity index (χ1n) is 6.24. The molecular weight excluding hydrogens is 216 g/mol. The molecule has 1 aliphatic rings. The zero-order chi connectivity index (χ0) is 13.1. The van der Waals surface area contributed by atoms with Gasteiger partial charge >= 0.3 is 0 Å². The molecule has 0 spiro atoms. The van der Waals surface area contributed by atoms with Gasteiger partial charge in [0.05, 0.1) is 0 Å². The minimum atomic E-state index is -0.720. The van der Waals surface area contributed by atoms with Crippen LogP contribution in [0.15, 0.2) is 12.2 Å². The first-order chi connectivity index (χ1) is 8.01. The summed E-state index contributed by atoms with van der Waals surface area (Å²) in [6, 6.07) is -0.368. The summed E-state index contributed by atoms with van der Waals surface area (Å²) in [6.07, 6.45) is 5.07. The van der Waals surface area contributed by atoms with Crippen molar-refractivity contribution in [1.82, 2.24) is 10.2 Å². The smallest absolute Gasteiger partial charge is 0.246 e. The van der Waals surface area contributed by atoms with Crippen LogP contribution in [-0.2, 0) is 9.59 Å². The van der Waals surface area contributed by atoms with Gasteiger partial charge in [0.25, 0.3) is 0 Å². The van der Waals surface area contributed by atoms with E-state index in [1.807, 2.05) is 39.8 Å². The van der Waals surface area contributed by atoms with Crippen molar-refractivity contribution in [2.75, 3.05) is 6.54 Å². The van der Waals surface area contributed by atoms with Gasteiger partial charge in [0.2, 0.25) is 11.8 Å². The number of amides is 2. The van der Waals surface area contributed by atoms with Crippen LogP contribution in [0.2, 0.25) is 0 Å². The molecule has 0 radical (unpaired) electrons. The largest absolute Gasteiger partial charge is 0.342 e. The van der Waals surface area contributed by atoms with Crippen LogP contribution in [0.1, 0.15) is 40.5 Å². The summed E-state index contributed by atoms with van der Waals surface area (Å²) in [4.78, 5) is 26.1. The summed E-state index contributed by atoms with van der Waals surface area (Å²) in [5, 5.41) is 2.81. The van der Waals surface area contributed by atoms with Crippen molar-refractivity contribution >= 4 is 11.8 Å². The summed E-state index contributed by atoms with van der Waals surface area (Å²) in [7, 11) is 0. The van der Waals surface area contributed by atoms with Crippen LogP contribution in [0.4, 0.5) is 0 Å². The highest BCUT2D eigenvalue weighted by Gasteiger charge is 2.47. The number of carbonyl (C=O) groups excluding carboxylic acids is 2. The van der Waals surface area contributed by atoms with Crippen molar-refractivity contribution in [2.45, 2.75) is 52.1 Å². The Balaban J connectivity index is 3.04. The van der Waals surface area contributed by atoms with E-state index in [0.29, 0.717) is 19.4 Å². The lowest BCUT2D eigenvalue weighted by molar-refractivity contribution is -0.155. The highest BCUT2D eigenvalue weighted by Crippen LogP contribution is 2.25. The molecule has 96 valence electrons. The van der Waals surface area contributed by atoms with Crippen LogP contribution < -0.4 is 5.32 Å².